The Kier molecular flexibility index (Phi) is 6.86. The van der Waals surface area contributed by atoms with Crippen molar-refractivity contribution in [1.29, 1.82) is 0 Å². The predicted molar refractivity (Wildman–Crippen MR) is 88.1 cm³/mol. The van der Waals surface area contributed by atoms with Gasteiger partial charge in [-0.2, -0.15) is 0 Å². The molecule has 0 radical (unpaired) electrons. The number of hydrogen-bond acceptors (Lipinski definition) is 5. The van der Waals surface area contributed by atoms with E-state index in [2.05, 4.69) is 31.7 Å². The molecule has 1 aliphatic heterocycles. The van der Waals surface area contributed by atoms with E-state index in [-0.39, 0.29) is 31.6 Å². The minimum Gasteiger partial charge on any atom is -0.445 e. The van der Waals surface area contributed by atoms with Gasteiger partial charge in [-0.05, 0) is 21.5 Å². The molecule has 8 heteroatoms. The van der Waals surface area contributed by atoms with Gasteiger partial charge < -0.3 is 20.2 Å². The maximum absolute atomic E-state index is 11.6. The Balaban J connectivity index is 1.52. The average molecular weight is 384 g/mol. The number of amides is 2. The van der Waals surface area contributed by atoms with Gasteiger partial charge in [0.05, 0.1) is 6.54 Å². The Bertz CT molecular complexity index is 565. The summed E-state index contributed by atoms with van der Waals surface area (Å²) in [5, 5.41) is 9.00. The zero-order chi connectivity index (χ0) is 16.5. The summed E-state index contributed by atoms with van der Waals surface area (Å²) in [6.45, 7) is 0.799. The number of nitrogens with one attached hydrogen (secondary N) is 2. The van der Waals surface area contributed by atoms with Crippen LogP contribution in [0, 0.1) is 0 Å². The highest BCUT2D eigenvalue weighted by molar-refractivity contribution is 9.18. The first-order valence-electron chi connectivity index (χ1n) is 7.23. The first-order chi connectivity index (χ1) is 11.1. The van der Waals surface area contributed by atoms with E-state index in [1.54, 1.807) is 0 Å². The maximum Gasteiger partial charge on any atom is 0.407 e. The first-order valence-corrected chi connectivity index (χ1v) is 8.02. The minimum absolute atomic E-state index is 0.142. The fraction of sp³-hybridized carbons (Fsp3) is 0.400. The van der Waals surface area contributed by atoms with E-state index in [1.165, 1.54) is 0 Å². The van der Waals surface area contributed by atoms with Crippen molar-refractivity contribution in [1.82, 2.24) is 10.6 Å². The number of rotatable bonds is 7. The lowest BCUT2D eigenvalue weighted by Crippen LogP contribution is -2.35. The van der Waals surface area contributed by atoms with Crippen LogP contribution < -0.4 is 10.6 Å². The lowest BCUT2D eigenvalue weighted by atomic mass is 10.2. The van der Waals surface area contributed by atoms with Crippen LogP contribution >= 0.6 is 15.9 Å². The summed E-state index contributed by atoms with van der Waals surface area (Å²) < 4.78 is 5.78. The van der Waals surface area contributed by atoms with Gasteiger partial charge in [0.15, 0.2) is 6.10 Å². The molecule has 2 amide bonds. The van der Waals surface area contributed by atoms with E-state index < -0.39 is 6.09 Å². The topological polar surface area (TPSA) is 89.0 Å². The monoisotopic (exact) mass is 383 g/mol. The Hall–Kier alpha value is -2.09. The summed E-state index contributed by atoms with van der Waals surface area (Å²) in [4.78, 5) is 28.2. The summed E-state index contributed by atoms with van der Waals surface area (Å²) in [5.74, 6) is -0.167. The number of hydrogen-bond donors (Lipinski definition) is 2. The van der Waals surface area contributed by atoms with Crippen molar-refractivity contribution in [2.45, 2.75) is 25.6 Å². The summed E-state index contributed by atoms with van der Waals surface area (Å²) in [7, 11) is 0. The molecule has 0 saturated heterocycles. The lowest BCUT2D eigenvalue weighted by molar-refractivity contribution is -0.121. The first kappa shape index (κ1) is 17.3. The number of alkyl carbamates (subject to hydrolysis) is 1. The van der Waals surface area contributed by atoms with Crippen LogP contribution in [0.4, 0.5) is 4.79 Å². The predicted octanol–water partition coefficient (Wildman–Crippen LogP) is 1.92. The fourth-order valence-corrected chi connectivity index (χ4v) is 2.32. The fourth-order valence-electron chi connectivity index (χ4n) is 1.87. The molecule has 7 nitrogen and oxygen atoms in total. The SMILES string of the molecule is O=C(CCNC(=O)OCc1ccccc1)NC[C@@H]1CC(Br)=NO1. The number of carbonyl (C=O) groups excluding carboxylic acids is 2. The molecule has 1 aliphatic rings. The Morgan fingerprint density at radius 2 is 2.09 bits per heavy atom. The summed E-state index contributed by atoms with van der Waals surface area (Å²) in [5.41, 5.74) is 0.908. The standard InChI is InChI=1S/C15H18BrN3O4/c16-13-8-12(23-19-13)9-18-14(20)6-7-17-15(21)22-10-11-4-2-1-3-5-11/h1-5,12H,6-10H2,(H,17,21)(H,18,20)/t12-/m0/s1. The van der Waals surface area contributed by atoms with Crippen molar-refractivity contribution in [3.05, 3.63) is 35.9 Å². The van der Waals surface area contributed by atoms with Gasteiger partial charge in [-0.1, -0.05) is 35.5 Å². The summed E-state index contributed by atoms with van der Waals surface area (Å²) >= 11 is 3.23. The zero-order valence-electron chi connectivity index (χ0n) is 12.5. The van der Waals surface area contributed by atoms with Crippen LogP contribution in [0.25, 0.3) is 0 Å². The Labute approximate surface area is 142 Å². The third-order valence-electron chi connectivity index (χ3n) is 3.06. The smallest absolute Gasteiger partial charge is 0.407 e. The van der Waals surface area contributed by atoms with Crippen molar-refractivity contribution in [3.63, 3.8) is 0 Å². The molecule has 0 aliphatic carbocycles. The second-order valence-electron chi connectivity index (χ2n) is 4.94. The number of halogens is 1. The largest absolute Gasteiger partial charge is 0.445 e. The van der Waals surface area contributed by atoms with Crippen LogP contribution in [0.5, 0.6) is 0 Å². The van der Waals surface area contributed by atoms with Gasteiger partial charge in [0.1, 0.15) is 11.2 Å². The van der Waals surface area contributed by atoms with Crippen molar-refractivity contribution < 1.29 is 19.2 Å². The lowest BCUT2D eigenvalue weighted by Gasteiger charge is -2.10. The van der Waals surface area contributed by atoms with Crippen LogP contribution in [0.3, 0.4) is 0 Å². The molecule has 1 aromatic rings. The highest BCUT2D eigenvalue weighted by atomic mass is 79.9. The van der Waals surface area contributed by atoms with E-state index in [9.17, 15) is 9.59 Å². The van der Waals surface area contributed by atoms with Crippen molar-refractivity contribution in [3.8, 4) is 0 Å². The van der Waals surface area contributed by atoms with Crippen LogP contribution in [-0.2, 0) is 21.0 Å². The molecule has 0 bridgehead atoms. The number of ether oxygens (including phenoxy) is 1. The molecule has 23 heavy (non-hydrogen) atoms. The molecule has 0 saturated carbocycles. The highest BCUT2D eigenvalue weighted by Crippen LogP contribution is 2.13. The minimum atomic E-state index is -0.543. The molecule has 124 valence electrons. The molecule has 2 rings (SSSR count). The van der Waals surface area contributed by atoms with Gasteiger partial charge in [-0.15, -0.1) is 0 Å². The van der Waals surface area contributed by atoms with E-state index in [4.69, 9.17) is 9.57 Å². The third kappa shape index (κ3) is 6.68. The van der Waals surface area contributed by atoms with E-state index in [0.717, 1.165) is 10.2 Å². The molecule has 0 unspecified atom stereocenters. The quantitative estimate of drug-likeness (QED) is 0.752. The molecule has 1 aromatic carbocycles. The van der Waals surface area contributed by atoms with Crippen LogP contribution in [0.1, 0.15) is 18.4 Å². The maximum atomic E-state index is 11.6. The van der Waals surface area contributed by atoms with Crippen molar-refractivity contribution in [2.75, 3.05) is 13.1 Å². The average Bonchev–Trinajstić information content (AvgIpc) is 2.97. The molecule has 1 atom stereocenters. The molecular formula is C15H18BrN3O4. The van der Waals surface area contributed by atoms with E-state index in [1.807, 2.05) is 30.3 Å². The van der Waals surface area contributed by atoms with Crippen LogP contribution in [0.15, 0.2) is 35.5 Å². The van der Waals surface area contributed by atoms with Crippen LogP contribution in [0.2, 0.25) is 0 Å². The summed E-state index contributed by atoms with van der Waals surface area (Å²) in [6.07, 6.45) is 0.134. The van der Waals surface area contributed by atoms with Gasteiger partial charge >= 0.3 is 6.09 Å². The number of nitrogens with zero attached hydrogens (tertiary/aromatic N) is 1. The molecule has 0 aromatic heterocycles. The van der Waals surface area contributed by atoms with Gasteiger partial charge in [-0.25, -0.2) is 4.79 Å². The summed E-state index contributed by atoms with van der Waals surface area (Å²) in [6, 6.07) is 9.38. The van der Waals surface area contributed by atoms with E-state index in [0.29, 0.717) is 13.0 Å². The number of oxime groups is 1. The van der Waals surface area contributed by atoms with Crippen molar-refractivity contribution >= 4 is 32.6 Å². The third-order valence-corrected chi connectivity index (χ3v) is 3.53. The molecule has 0 fully saturated rings. The zero-order valence-corrected chi connectivity index (χ0v) is 14.0. The van der Waals surface area contributed by atoms with Crippen LogP contribution in [-0.4, -0.2) is 35.8 Å². The second-order valence-corrected chi connectivity index (χ2v) is 5.86. The van der Waals surface area contributed by atoms with Gasteiger partial charge in [0, 0.05) is 19.4 Å². The Morgan fingerprint density at radius 3 is 2.78 bits per heavy atom. The Morgan fingerprint density at radius 1 is 1.30 bits per heavy atom. The second kappa shape index (κ2) is 9.14. The molecule has 1 heterocycles. The normalized spacial score (nSPS) is 16.2. The van der Waals surface area contributed by atoms with Gasteiger partial charge in [0.25, 0.3) is 0 Å². The number of benzene rings is 1. The van der Waals surface area contributed by atoms with Gasteiger partial charge in [0.2, 0.25) is 5.91 Å². The van der Waals surface area contributed by atoms with Crippen molar-refractivity contribution in [2.24, 2.45) is 5.16 Å². The highest BCUT2D eigenvalue weighted by Gasteiger charge is 2.19. The van der Waals surface area contributed by atoms with Gasteiger partial charge in [-0.3, -0.25) is 4.79 Å². The van der Waals surface area contributed by atoms with E-state index >= 15 is 0 Å². The molecular weight excluding hydrogens is 366 g/mol. The molecule has 0 spiro atoms. The molecule has 2 N–H and O–H groups in total. The number of carbonyl (C=O) groups is 2.